The number of hydrogen-bond donors (Lipinski definition) is 1. The summed E-state index contributed by atoms with van der Waals surface area (Å²) < 4.78 is 0. The van der Waals surface area contributed by atoms with Crippen molar-refractivity contribution in [2.45, 2.75) is 24.2 Å². The molecule has 2 aromatic rings. The first-order valence-corrected chi connectivity index (χ1v) is 7.56. The first-order chi connectivity index (χ1) is 8.92. The highest BCUT2D eigenvalue weighted by atomic mass is 32.2. The number of aromatic amines is 1. The third-order valence-electron chi connectivity index (χ3n) is 3.41. The molecule has 1 fully saturated rings. The lowest BCUT2D eigenvalue weighted by Gasteiger charge is -2.26. The van der Waals surface area contributed by atoms with Crippen LogP contribution in [0.15, 0.2) is 23.1 Å². The maximum Gasteiger partial charge on any atom is 0.114 e. The Balaban J connectivity index is 1.52. The van der Waals surface area contributed by atoms with Gasteiger partial charge in [-0.3, -0.25) is 0 Å². The van der Waals surface area contributed by atoms with Gasteiger partial charge in [0.05, 0.1) is 0 Å². The van der Waals surface area contributed by atoms with E-state index in [9.17, 15) is 0 Å². The molecule has 1 aromatic carbocycles. The van der Waals surface area contributed by atoms with Crippen molar-refractivity contribution in [1.29, 1.82) is 0 Å². The van der Waals surface area contributed by atoms with Gasteiger partial charge in [-0.15, -0.1) is 11.8 Å². The first-order valence-electron chi connectivity index (χ1n) is 6.57. The molecular weight excluding hydrogens is 244 g/mol. The van der Waals surface area contributed by atoms with E-state index in [1.54, 1.807) is 0 Å². The number of H-pyrrole nitrogens is 1. The zero-order chi connectivity index (χ0) is 12.2. The lowest BCUT2D eigenvalue weighted by molar-refractivity contribution is 0.242. The Morgan fingerprint density at radius 3 is 2.83 bits per heavy atom. The molecule has 0 saturated carbocycles. The Kier molecular flexibility index (Phi) is 3.81. The van der Waals surface area contributed by atoms with Crippen LogP contribution < -0.4 is 0 Å². The van der Waals surface area contributed by atoms with Crippen molar-refractivity contribution >= 4 is 22.8 Å². The standard InChI is InChI=1S/C13H18N4S/c1-2-6-17(7-3-1)8-9-18-11-4-5-12-13(10-11)15-16-14-12/h4-5,10H,1-3,6-9H2,(H,14,15,16). The zero-order valence-corrected chi connectivity index (χ0v) is 11.2. The summed E-state index contributed by atoms with van der Waals surface area (Å²) in [6, 6.07) is 6.27. The predicted molar refractivity (Wildman–Crippen MR) is 74.9 cm³/mol. The van der Waals surface area contributed by atoms with Gasteiger partial charge in [0.15, 0.2) is 0 Å². The van der Waals surface area contributed by atoms with Gasteiger partial charge in [-0.25, -0.2) is 0 Å². The normalized spacial score (nSPS) is 17.3. The van der Waals surface area contributed by atoms with Gasteiger partial charge >= 0.3 is 0 Å². The summed E-state index contributed by atoms with van der Waals surface area (Å²) in [5, 5.41) is 10.8. The number of benzene rings is 1. The Morgan fingerprint density at radius 2 is 1.94 bits per heavy atom. The van der Waals surface area contributed by atoms with Crippen LogP contribution in [0.2, 0.25) is 0 Å². The van der Waals surface area contributed by atoms with E-state index in [2.05, 4.69) is 32.4 Å². The molecular formula is C13H18N4S. The van der Waals surface area contributed by atoms with Gasteiger partial charge in [0.25, 0.3) is 0 Å². The molecule has 96 valence electrons. The number of rotatable bonds is 4. The highest BCUT2D eigenvalue weighted by Crippen LogP contribution is 2.21. The van der Waals surface area contributed by atoms with Gasteiger partial charge in [0.1, 0.15) is 11.0 Å². The SMILES string of the molecule is c1cc2n[nH]nc2cc1SCCN1CCCCC1. The van der Waals surface area contributed by atoms with Gasteiger partial charge in [-0.05, 0) is 44.1 Å². The molecule has 0 unspecified atom stereocenters. The number of thioether (sulfide) groups is 1. The second kappa shape index (κ2) is 5.71. The van der Waals surface area contributed by atoms with Crippen LogP contribution in [0.25, 0.3) is 11.0 Å². The number of fused-ring (bicyclic) bond motifs is 1. The lowest BCUT2D eigenvalue weighted by atomic mass is 10.1. The van der Waals surface area contributed by atoms with Crippen LogP contribution in [0, 0.1) is 0 Å². The molecule has 0 spiro atoms. The average Bonchev–Trinajstić information content (AvgIpc) is 2.87. The Bertz CT molecular complexity index is 504. The van der Waals surface area contributed by atoms with E-state index >= 15 is 0 Å². The quantitative estimate of drug-likeness (QED) is 0.860. The van der Waals surface area contributed by atoms with Crippen LogP contribution in [-0.2, 0) is 0 Å². The molecule has 1 aliphatic heterocycles. The van der Waals surface area contributed by atoms with E-state index in [-0.39, 0.29) is 0 Å². The molecule has 0 atom stereocenters. The van der Waals surface area contributed by atoms with Gasteiger partial charge in [-0.1, -0.05) is 6.42 Å². The van der Waals surface area contributed by atoms with Crippen molar-refractivity contribution in [3.63, 3.8) is 0 Å². The van der Waals surface area contributed by atoms with Crippen molar-refractivity contribution in [3.8, 4) is 0 Å². The molecule has 1 aromatic heterocycles. The van der Waals surface area contributed by atoms with Crippen LogP contribution in [0.4, 0.5) is 0 Å². The highest BCUT2D eigenvalue weighted by molar-refractivity contribution is 7.99. The summed E-state index contributed by atoms with van der Waals surface area (Å²) >= 11 is 1.91. The first kappa shape index (κ1) is 12.0. The number of aromatic nitrogens is 3. The van der Waals surface area contributed by atoms with E-state index < -0.39 is 0 Å². The van der Waals surface area contributed by atoms with Crippen LogP contribution in [0.5, 0.6) is 0 Å². The number of nitrogens with one attached hydrogen (secondary N) is 1. The van der Waals surface area contributed by atoms with Gasteiger partial charge < -0.3 is 4.90 Å². The second-order valence-electron chi connectivity index (χ2n) is 4.72. The summed E-state index contributed by atoms with van der Waals surface area (Å²) in [5.41, 5.74) is 1.90. The van der Waals surface area contributed by atoms with Crippen LogP contribution >= 0.6 is 11.8 Å². The molecule has 1 aliphatic rings. The van der Waals surface area contributed by atoms with Crippen molar-refractivity contribution in [3.05, 3.63) is 18.2 Å². The molecule has 0 radical (unpaired) electrons. The van der Waals surface area contributed by atoms with Crippen molar-refractivity contribution in [2.24, 2.45) is 0 Å². The van der Waals surface area contributed by atoms with E-state index in [0.29, 0.717) is 0 Å². The van der Waals surface area contributed by atoms with Crippen molar-refractivity contribution < 1.29 is 0 Å². The van der Waals surface area contributed by atoms with E-state index in [4.69, 9.17) is 0 Å². The monoisotopic (exact) mass is 262 g/mol. The molecule has 5 heteroatoms. The topological polar surface area (TPSA) is 44.8 Å². The number of likely N-dealkylation sites (tertiary alicyclic amines) is 1. The average molecular weight is 262 g/mol. The third-order valence-corrected chi connectivity index (χ3v) is 4.39. The fourth-order valence-corrected chi connectivity index (χ4v) is 3.33. The minimum Gasteiger partial charge on any atom is -0.303 e. The Morgan fingerprint density at radius 1 is 1.11 bits per heavy atom. The second-order valence-corrected chi connectivity index (χ2v) is 5.89. The van der Waals surface area contributed by atoms with E-state index in [1.807, 2.05) is 17.8 Å². The molecule has 0 amide bonds. The van der Waals surface area contributed by atoms with Gasteiger partial charge in [0, 0.05) is 17.2 Å². The molecule has 3 rings (SSSR count). The molecule has 1 N–H and O–H groups in total. The largest absolute Gasteiger partial charge is 0.303 e. The van der Waals surface area contributed by atoms with Crippen LogP contribution in [0.3, 0.4) is 0 Å². The third kappa shape index (κ3) is 2.84. The minimum absolute atomic E-state index is 0.940. The van der Waals surface area contributed by atoms with E-state index in [1.165, 1.54) is 43.8 Å². The molecule has 18 heavy (non-hydrogen) atoms. The molecule has 0 bridgehead atoms. The highest BCUT2D eigenvalue weighted by Gasteiger charge is 2.09. The predicted octanol–water partition coefficient (Wildman–Crippen LogP) is 2.54. The summed E-state index contributed by atoms with van der Waals surface area (Å²) in [7, 11) is 0. The Labute approximate surface area is 111 Å². The fourth-order valence-electron chi connectivity index (χ4n) is 2.39. The summed E-state index contributed by atoms with van der Waals surface area (Å²) in [5.74, 6) is 1.16. The van der Waals surface area contributed by atoms with Crippen molar-refractivity contribution in [1.82, 2.24) is 20.3 Å². The summed E-state index contributed by atoms with van der Waals surface area (Å²) in [6.07, 6.45) is 4.15. The van der Waals surface area contributed by atoms with Crippen LogP contribution in [-0.4, -0.2) is 45.7 Å². The summed E-state index contributed by atoms with van der Waals surface area (Å²) in [4.78, 5) is 3.86. The number of nitrogens with zero attached hydrogens (tertiary/aromatic N) is 3. The van der Waals surface area contributed by atoms with Crippen molar-refractivity contribution in [2.75, 3.05) is 25.4 Å². The Hall–Kier alpha value is -1.07. The van der Waals surface area contributed by atoms with Crippen LogP contribution in [0.1, 0.15) is 19.3 Å². The molecule has 4 nitrogen and oxygen atoms in total. The number of hydrogen-bond acceptors (Lipinski definition) is 4. The zero-order valence-electron chi connectivity index (χ0n) is 10.4. The minimum atomic E-state index is 0.940. The number of piperidine rings is 1. The van der Waals surface area contributed by atoms with Gasteiger partial charge in [-0.2, -0.15) is 15.4 Å². The fraction of sp³-hybridized carbons (Fsp3) is 0.538. The lowest BCUT2D eigenvalue weighted by Crippen LogP contribution is -2.31. The maximum atomic E-state index is 4.12. The smallest absolute Gasteiger partial charge is 0.114 e. The molecule has 1 saturated heterocycles. The maximum absolute atomic E-state index is 4.12. The molecule has 0 aliphatic carbocycles. The summed E-state index contributed by atoms with van der Waals surface area (Å²) in [6.45, 7) is 3.76. The molecule has 2 heterocycles. The van der Waals surface area contributed by atoms with Gasteiger partial charge in [0.2, 0.25) is 0 Å². The van der Waals surface area contributed by atoms with E-state index in [0.717, 1.165) is 16.8 Å².